The lowest BCUT2D eigenvalue weighted by Gasteiger charge is -2.07. The molecular weight excluding hydrogens is 364 g/mol. The first-order valence-corrected chi connectivity index (χ1v) is 9.26. The zero-order chi connectivity index (χ0) is 19.6. The molecule has 5 aromatic rings. The van der Waals surface area contributed by atoms with Gasteiger partial charge in [0.05, 0.1) is 6.20 Å². The van der Waals surface area contributed by atoms with Gasteiger partial charge in [0.2, 0.25) is 0 Å². The van der Waals surface area contributed by atoms with Crippen molar-refractivity contribution in [3.63, 3.8) is 0 Å². The van der Waals surface area contributed by atoms with E-state index in [2.05, 4.69) is 15.1 Å². The minimum Gasteiger partial charge on any atom is -0.489 e. The number of fused-ring (bicyclic) bond motifs is 1. The summed E-state index contributed by atoms with van der Waals surface area (Å²) in [4.78, 5) is 8.49. The predicted octanol–water partition coefficient (Wildman–Crippen LogP) is 4.87. The van der Waals surface area contributed by atoms with Crippen LogP contribution in [0, 0.1) is 0 Å². The zero-order valence-electron chi connectivity index (χ0n) is 15.8. The first kappa shape index (κ1) is 17.2. The van der Waals surface area contributed by atoms with Crippen LogP contribution in [0.5, 0.6) is 5.75 Å². The molecule has 0 fully saturated rings. The van der Waals surface area contributed by atoms with Gasteiger partial charge in [-0.1, -0.05) is 12.1 Å². The molecule has 0 radical (unpaired) electrons. The molecule has 6 nitrogen and oxygen atoms in total. The van der Waals surface area contributed by atoms with Crippen molar-refractivity contribution in [2.24, 2.45) is 7.05 Å². The molecule has 0 unspecified atom stereocenters. The molecule has 0 amide bonds. The molecule has 0 atom stereocenters. The van der Waals surface area contributed by atoms with Gasteiger partial charge in [-0.2, -0.15) is 5.10 Å². The lowest BCUT2D eigenvalue weighted by molar-refractivity contribution is 0.306. The van der Waals surface area contributed by atoms with Gasteiger partial charge in [0.25, 0.3) is 0 Å². The summed E-state index contributed by atoms with van der Waals surface area (Å²) in [5, 5.41) is 4.26. The van der Waals surface area contributed by atoms with Crippen molar-refractivity contribution < 1.29 is 9.15 Å². The van der Waals surface area contributed by atoms with E-state index >= 15 is 0 Å². The monoisotopic (exact) mass is 382 g/mol. The number of aromatic nitrogens is 4. The molecule has 29 heavy (non-hydrogen) atoms. The Hall–Kier alpha value is -3.93. The summed E-state index contributed by atoms with van der Waals surface area (Å²) in [5.41, 5.74) is 5.53. The molecule has 0 aliphatic rings. The average Bonchev–Trinajstić information content (AvgIpc) is 3.39. The molecule has 6 heteroatoms. The molecule has 4 aromatic heterocycles. The van der Waals surface area contributed by atoms with Crippen LogP contribution in [0.1, 0.15) is 5.56 Å². The van der Waals surface area contributed by atoms with Crippen LogP contribution in [0.15, 0.2) is 83.9 Å². The summed E-state index contributed by atoms with van der Waals surface area (Å²) in [5.74, 6) is 1.53. The number of hydrogen-bond donors (Lipinski definition) is 0. The highest BCUT2D eigenvalue weighted by molar-refractivity contribution is 5.92. The Balaban J connectivity index is 1.46. The average molecular weight is 382 g/mol. The van der Waals surface area contributed by atoms with Gasteiger partial charge in [-0.05, 0) is 35.9 Å². The molecule has 0 saturated carbocycles. The van der Waals surface area contributed by atoms with Crippen molar-refractivity contribution in [2.75, 3.05) is 0 Å². The molecule has 0 bridgehead atoms. The normalized spacial score (nSPS) is 11.1. The fraction of sp³-hybridized carbons (Fsp3) is 0.0870. The number of hydrogen-bond acceptors (Lipinski definition) is 5. The van der Waals surface area contributed by atoms with E-state index in [1.807, 2.05) is 68.0 Å². The fourth-order valence-corrected chi connectivity index (χ4v) is 3.25. The first-order chi connectivity index (χ1) is 14.3. The van der Waals surface area contributed by atoms with Gasteiger partial charge in [0.1, 0.15) is 23.6 Å². The van der Waals surface area contributed by atoms with Gasteiger partial charge in [-0.3, -0.25) is 14.6 Å². The van der Waals surface area contributed by atoms with Crippen LogP contribution in [0.4, 0.5) is 0 Å². The Morgan fingerprint density at radius 1 is 1.00 bits per heavy atom. The second-order valence-corrected chi connectivity index (χ2v) is 6.76. The summed E-state index contributed by atoms with van der Waals surface area (Å²) >= 11 is 0. The highest BCUT2D eigenvalue weighted by Crippen LogP contribution is 2.34. The van der Waals surface area contributed by atoms with Crippen LogP contribution < -0.4 is 4.74 Å². The molecule has 142 valence electrons. The number of aryl methyl sites for hydroxylation is 1. The molecule has 0 saturated heterocycles. The van der Waals surface area contributed by atoms with Gasteiger partial charge in [0, 0.05) is 54.6 Å². The topological polar surface area (TPSA) is 66.0 Å². The van der Waals surface area contributed by atoms with Crippen molar-refractivity contribution in [2.45, 2.75) is 6.61 Å². The Morgan fingerprint density at radius 3 is 2.72 bits per heavy atom. The lowest BCUT2D eigenvalue weighted by Crippen LogP contribution is -1.95. The van der Waals surface area contributed by atoms with Crippen molar-refractivity contribution in [1.82, 2.24) is 19.7 Å². The third kappa shape index (κ3) is 3.48. The van der Waals surface area contributed by atoms with Crippen LogP contribution in [0.25, 0.3) is 33.6 Å². The number of furan rings is 1. The van der Waals surface area contributed by atoms with E-state index in [9.17, 15) is 0 Å². The molecule has 0 spiro atoms. The maximum absolute atomic E-state index is 6.20. The molecule has 0 N–H and O–H groups in total. The van der Waals surface area contributed by atoms with Gasteiger partial charge >= 0.3 is 0 Å². The van der Waals surface area contributed by atoms with Crippen molar-refractivity contribution in [1.29, 1.82) is 0 Å². The second-order valence-electron chi connectivity index (χ2n) is 6.76. The van der Waals surface area contributed by atoms with Crippen molar-refractivity contribution in [3.05, 3.63) is 85.1 Å². The van der Waals surface area contributed by atoms with E-state index in [1.54, 1.807) is 23.3 Å². The van der Waals surface area contributed by atoms with E-state index in [-0.39, 0.29) is 0 Å². The highest BCUT2D eigenvalue weighted by Gasteiger charge is 2.14. The largest absolute Gasteiger partial charge is 0.489 e. The molecular formula is C23H18N4O2. The van der Waals surface area contributed by atoms with Crippen LogP contribution in [0.3, 0.4) is 0 Å². The number of rotatable bonds is 5. The zero-order valence-corrected chi connectivity index (χ0v) is 15.8. The minimum absolute atomic E-state index is 0.485. The standard InChI is InChI=1S/C23H18N4O2/c1-27-14-18(13-26-27)20-7-10-25-21-12-22(29-23(20)21)17-3-2-4-19(11-17)28-15-16-5-8-24-9-6-16/h2-14H,15H2,1H3. The first-order valence-electron chi connectivity index (χ1n) is 9.26. The summed E-state index contributed by atoms with van der Waals surface area (Å²) in [6, 6.07) is 15.7. The van der Waals surface area contributed by atoms with Crippen LogP contribution >= 0.6 is 0 Å². The highest BCUT2D eigenvalue weighted by atomic mass is 16.5. The van der Waals surface area contributed by atoms with E-state index in [1.165, 1.54) is 0 Å². The number of pyridine rings is 2. The Bertz CT molecular complexity index is 1270. The SMILES string of the molecule is Cn1cc(-c2ccnc3cc(-c4cccc(OCc5ccncc5)c4)oc23)cn1. The Labute approximate surface area is 167 Å². The molecule has 1 aromatic carbocycles. The molecule has 4 heterocycles. The third-order valence-electron chi connectivity index (χ3n) is 4.70. The van der Waals surface area contributed by atoms with Crippen molar-refractivity contribution >= 4 is 11.1 Å². The summed E-state index contributed by atoms with van der Waals surface area (Å²) in [6.07, 6.45) is 9.10. The van der Waals surface area contributed by atoms with Crippen molar-refractivity contribution in [3.8, 4) is 28.2 Å². The quantitative estimate of drug-likeness (QED) is 0.434. The minimum atomic E-state index is 0.485. The van der Waals surface area contributed by atoms with E-state index in [4.69, 9.17) is 9.15 Å². The predicted molar refractivity (Wildman–Crippen MR) is 110 cm³/mol. The smallest absolute Gasteiger partial charge is 0.161 e. The van der Waals surface area contributed by atoms with E-state index in [0.29, 0.717) is 6.61 Å². The van der Waals surface area contributed by atoms with Gasteiger partial charge in [-0.25, -0.2) is 0 Å². The van der Waals surface area contributed by atoms with E-state index < -0.39 is 0 Å². The number of nitrogens with zero attached hydrogens (tertiary/aromatic N) is 4. The fourth-order valence-electron chi connectivity index (χ4n) is 3.25. The lowest BCUT2D eigenvalue weighted by atomic mass is 10.1. The third-order valence-corrected chi connectivity index (χ3v) is 4.70. The maximum Gasteiger partial charge on any atom is 0.161 e. The maximum atomic E-state index is 6.20. The van der Waals surface area contributed by atoms with Crippen LogP contribution in [-0.4, -0.2) is 19.7 Å². The molecule has 5 rings (SSSR count). The second kappa shape index (κ2) is 7.24. The van der Waals surface area contributed by atoms with Crippen LogP contribution in [0.2, 0.25) is 0 Å². The van der Waals surface area contributed by atoms with Crippen LogP contribution in [-0.2, 0) is 13.7 Å². The Kier molecular flexibility index (Phi) is 4.29. The van der Waals surface area contributed by atoms with Gasteiger partial charge in [-0.15, -0.1) is 0 Å². The molecule has 0 aliphatic heterocycles. The van der Waals surface area contributed by atoms with Gasteiger partial charge in [0.15, 0.2) is 5.58 Å². The summed E-state index contributed by atoms with van der Waals surface area (Å²) in [7, 11) is 1.90. The summed E-state index contributed by atoms with van der Waals surface area (Å²) < 4.78 is 13.9. The number of ether oxygens (including phenoxy) is 1. The van der Waals surface area contributed by atoms with Gasteiger partial charge < -0.3 is 9.15 Å². The number of benzene rings is 1. The van der Waals surface area contributed by atoms with E-state index in [0.717, 1.165) is 44.9 Å². The Morgan fingerprint density at radius 2 is 1.90 bits per heavy atom. The molecule has 0 aliphatic carbocycles. The summed E-state index contributed by atoms with van der Waals surface area (Å²) in [6.45, 7) is 0.485.